The van der Waals surface area contributed by atoms with E-state index < -0.39 is 24.5 Å². The summed E-state index contributed by atoms with van der Waals surface area (Å²) in [7, 11) is -3.22. The number of benzene rings is 1. The van der Waals surface area contributed by atoms with Crippen LogP contribution in [0, 0.1) is 5.82 Å². The van der Waals surface area contributed by atoms with Crippen LogP contribution in [0.15, 0.2) is 28.1 Å². The Balaban J connectivity index is 2.81. The molecule has 1 aromatic rings. The van der Waals surface area contributed by atoms with Crippen molar-refractivity contribution in [2.24, 2.45) is 4.99 Å². The van der Waals surface area contributed by atoms with Crippen LogP contribution >= 0.6 is 0 Å². The largest absolute Gasteiger partial charge is 0.251 e. The number of halogens is 1. The molecule has 1 unspecified atom stereocenters. The Bertz CT molecular complexity index is 567. The summed E-state index contributed by atoms with van der Waals surface area (Å²) in [5, 5.41) is 0.513. The quantitative estimate of drug-likeness (QED) is 0.681. The minimum Gasteiger partial charge on any atom is -0.245 e. The van der Waals surface area contributed by atoms with Gasteiger partial charge >= 0.3 is 0 Å². The number of hydrogen-bond acceptors (Lipinski definition) is 3. The highest BCUT2D eigenvalue weighted by Gasteiger charge is 2.19. The lowest BCUT2D eigenvalue weighted by Gasteiger charge is -1.96. The molecule has 0 radical (unpaired) electrons. The van der Waals surface area contributed by atoms with Crippen LogP contribution in [-0.2, 0) is 18.7 Å². The Hall–Kier alpha value is -1.01. The maximum Gasteiger partial charge on any atom is 0.251 e. The third-order valence-corrected chi connectivity index (χ3v) is 5.53. The van der Waals surface area contributed by atoms with Gasteiger partial charge in [-0.15, -0.1) is 0 Å². The molecule has 0 bridgehead atoms. The van der Waals surface area contributed by atoms with E-state index in [4.69, 9.17) is 0 Å². The summed E-state index contributed by atoms with van der Waals surface area (Å²) >= 11 is 0. The van der Waals surface area contributed by atoms with Crippen LogP contribution in [0.2, 0.25) is 0 Å². The molecule has 3 nitrogen and oxygen atoms in total. The lowest BCUT2D eigenvalue weighted by atomic mass is 10.3. The summed E-state index contributed by atoms with van der Waals surface area (Å²) in [6, 6.07) is 3.97. The number of rotatable bonds is 0. The predicted molar refractivity (Wildman–Crippen MR) is 53.7 cm³/mol. The molecule has 1 aliphatic heterocycles. The van der Waals surface area contributed by atoms with Gasteiger partial charge in [-0.25, -0.2) is 9.38 Å². The lowest BCUT2D eigenvalue weighted by molar-refractivity contribution is 0.626. The first-order chi connectivity index (χ1) is 6.59. The van der Waals surface area contributed by atoms with E-state index in [0.717, 1.165) is 0 Å². The molecule has 0 fully saturated rings. The molecule has 0 saturated carbocycles. The van der Waals surface area contributed by atoms with E-state index in [1.807, 2.05) is 0 Å². The van der Waals surface area contributed by atoms with E-state index >= 15 is 0 Å². The Morgan fingerprint density at radius 2 is 2.14 bits per heavy atom. The Morgan fingerprint density at radius 1 is 1.43 bits per heavy atom. The van der Waals surface area contributed by atoms with Gasteiger partial charge in [-0.05, 0) is 19.1 Å². The zero-order chi connectivity index (χ0) is 10.3. The molecule has 0 aromatic heterocycles. The van der Waals surface area contributed by atoms with Gasteiger partial charge in [0.05, 0.1) is 10.7 Å². The topological polar surface area (TPSA) is 46.5 Å². The smallest absolute Gasteiger partial charge is 0.245 e. The van der Waals surface area contributed by atoms with Crippen molar-refractivity contribution in [3.63, 3.8) is 0 Å². The standard InChI is InChI=1S/C8H6FNO2S2/c1-5-10-7-4-6(9)2-3-8(7)13(5)14(11)12/h2-4H,1H3. The zero-order valence-electron chi connectivity index (χ0n) is 7.19. The normalized spacial score (nSPS) is 19.0. The first kappa shape index (κ1) is 9.54. The van der Waals surface area contributed by atoms with Gasteiger partial charge in [0.25, 0.3) is 9.26 Å². The van der Waals surface area contributed by atoms with Crippen molar-refractivity contribution in [2.75, 3.05) is 0 Å². The van der Waals surface area contributed by atoms with E-state index in [0.29, 0.717) is 15.6 Å². The SMILES string of the molecule is CC1=Nc2cc(F)ccc2S1=S(=O)=O. The van der Waals surface area contributed by atoms with Crippen LogP contribution in [0.4, 0.5) is 10.1 Å². The van der Waals surface area contributed by atoms with Gasteiger partial charge in [0.15, 0.2) is 0 Å². The lowest BCUT2D eigenvalue weighted by Crippen LogP contribution is -1.97. The molecule has 1 aromatic carbocycles. The number of hydrogen-bond donors (Lipinski definition) is 0. The summed E-state index contributed by atoms with van der Waals surface area (Å²) < 4.78 is 34.6. The Labute approximate surface area is 83.4 Å². The molecule has 74 valence electrons. The van der Waals surface area contributed by atoms with Crippen LogP contribution in [0.5, 0.6) is 0 Å². The highest BCUT2D eigenvalue weighted by molar-refractivity contribution is 8.42. The monoisotopic (exact) mass is 231 g/mol. The molecule has 0 aliphatic carbocycles. The molecule has 2 rings (SSSR count). The maximum absolute atomic E-state index is 12.8. The Kier molecular flexibility index (Phi) is 2.24. The first-order valence-corrected chi connectivity index (χ1v) is 6.60. The molecule has 0 spiro atoms. The third kappa shape index (κ3) is 1.40. The van der Waals surface area contributed by atoms with Gasteiger partial charge in [-0.1, -0.05) is 0 Å². The van der Waals surface area contributed by atoms with Crippen molar-refractivity contribution >= 4 is 29.4 Å². The van der Waals surface area contributed by atoms with E-state index in [1.165, 1.54) is 18.2 Å². The third-order valence-electron chi connectivity index (χ3n) is 1.80. The van der Waals surface area contributed by atoms with Crippen LogP contribution in [0.3, 0.4) is 0 Å². The fraction of sp³-hybridized carbons (Fsp3) is 0.125. The van der Waals surface area contributed by atoms with Crippen LogP contribution in [0.1, 0.15) is 6.92 Å². The van der Waals surface area contributed by atoms with E-state index in [-0.39, 0.29) is 0 Å². The predicted octanol–water partition coefficient (Wildman–Crippen LogP) is 1.66. The van der Waals surface area contributed by atoms with Crippen molar-refractivity contribution in [3.8, 4) is 0 Å². The zero-order valence-corrected chi connectivity index (χ0v) is 8.82. The minimum atomic E-state index is -2.21. The molecule has 6 heteroatoms. The summed E-state index contributed by atoms with van der Waals surface area (Å²) in [6.45, 7) is 1.64. The summed E-state index contributed by atoms with van der Waals surface area (Å²) in [5.74, 6) is -0.401. The van der Waals surface area contributed by atoms with E-state index in [2.05, 4.69) is 4.99 Å². The second kappa shape index (κ2) is 3.29. The molecule has 0 saturated heterocycles. The molecule has 14 heavy (non-hydrogen) atoms. The van der Waals surface area contributed by atoms with Crippen LogP contribution in [0.25, 0.3) is 0 Å². The van der Waals surface area contributed by atoms with E-state index in [9.17, 15) is 12.8 Å². The fourth-order valence-corrected chi connectivity index (χ4v) is 4.17. The van der Waals surface area contributed by atoms with Gasteiger partial charge in [-0.3, -0.25) is 0 Å². The van der Waals surface area contributed by atoms with Gasteiger partial charge < -0.3 is 0 Å². The van der Waals surface area contributed by atoms with Gasteiger partial charge in [0.1, 0.15) is 5.82 Å². The maximum atomic E-state index is 12.8. The van der Waals surface area contributed by atoms with Crippen molar-refractivity contribution in [1.82, 2.24) is 0 Å². The van der Waals surface area contributed by atoms with Crippen molar-refractivity contribution in [1.29, 1.82) is 0 Å². The summed E-state index contributed by atoms with van der Waals surface area (Å²) in [4.78, 5) is 4.59. The van der Waals surface area contributed by atoms with Crippen LogP contribution in [-0.4, -0.2) is 13.5 Å². The second-order valence-electron chi connectivity index (χ2n) is 2.72. The number of fused-ring (bicyclic) bond motifs is 1. The fourth-order valence-electron chi connectivity index (χ4n) is 1.28. The highest BCUT2D eigenvalue weighted by Crippen LogP contribution is 2.31. The van der Waals surface area contributed by atoms with E-state index in [1.54, 1.807) is 6.92 Å². The first-order valence-electron chi connectivity index (χ1n) is 3.78. The summed E-state index contributed by atoms with van der Waals surface area (Å²) in [6.07, 6.45) is 0. The van der Waals surface area contributed by atoms with Crippen LogP contribution < -0.4 is 0 Å². The Morgan fingerprint density at radius 3 is 2.79 bits per heavy atom. The molecular formula is C8H6FNO2S2. The highest BCUT2D eigenvalue weighted by atomic mass is 32.9. The summed E-state index contributed by atoms with van der Waals surface area (Å²) in [5.41, 5.74) is 0.426. The molecule has 0 N–H and O–H groups in total. The molecular weight excluding hydrogens is 225 g/mol. The molecule has 1 aliphatic rings. The average molecular weight is 231 g/mol. The van der Waals surface area contributed by atoms with Crippen molar-refractivity contribution < 1.29 is 12.8 Å². The molecule has 1 atom stereocenters. The van der Waals surface area contributed by atoms with Crippen molar-refractivity contribution in [2.45, 2.75) is 11.8 Å². The van der Waals surface area contributed by atoms with Crippen molar-refractivity contribution in [3.05, 3.63) is 24.0 Å². The van der Waals surface area contributed by atoms with Gasteiger partial charge in [0.2, 0.25) is 0 Å². The number of aliphatic imine (C=N–C) groups is 1. The van der Waals surface area contributed by atoms with Gasteiger partial charge in [0, 0.05) is 20.4 Å². The molecule has 1 heterocycles. The minimum absolute atomic E-state index is 0.401. The average Bonchev–Trinajstić information content (AvgIpc) is 2.39. The molecule has 0 amide bonds. The van der Waals surface area contributed by atoms with Gasteiger partial charge in [-0.2, -0.15) is 8.42 Å². The number of nitrogens with zero attached hydrogens (tertiary/aromatic N) is 1. The second-order valence-corrected chi connectivity index (χ2v) is 6.51.